The first kappa shape index (κ1) is 12.1. The van der Waals surface area contributed by atoms with E-state index < -0.39 is 0 Å². The zero-order chi connectivity index (χ0) is 11.5. The number of nitrogens with one attached hydrogen (secondary N) is 1. The Bertz CT molecular complexity index is 225. The highest BCUT2D eigenvalue weighted by atomic mass is 15.2. The average Bonchev–Trinajstić information content (AvgIpc) is 2.54. The van der Waals surface area contributed by atoms with E-state index >= 15 is 0 Å². The van der Waals surface area contributed by atoms with Crippen LogP contribution in [0.4, 0.5) is 0 Å². The lowest BCUT2D eigenvalue weighted by Gasteiger charge is -2.39. The van der Waals surface area contributed by atoms with E-state index in [0.717, 1.165) is 24.5 Å². The Kier molecular flexibility index (Phi) is 4.04. The molecule has 0 aromatic heterocycles. The second-order valence-corrected chi connectivity index (χ2v) is 5.50. The Balaban J connectivity index is 1.92. The lowest BCUT2D eigenvalue weighted by molar-refractivity contribution is 0.121. The minimum atomic E-state index is 0.539. The number of rotatable bonds is 5. The highest BCUT2D eigenvalue weighted by Gasteiger charge is 2.40. The van der Waals surface area contributed by atoms with Crippen molar-refractivity contribution in [3.63, 3.8) is 0 Å². The maximum Gasteiger partial charge on any atom is 0.0276 e. The van der Waals surface area contributed by atoms with Crippen molar-refractivity contribution in [2.45, 2.75) is 57.2 Å². The Hall–Kier alpha value is -0.340. The minimum absolute atomic E-state index is 0.539. The first-order valence-electron chi connectivity index (χ1n) is 6.84. The fourth-order valence-electron chi connectivity index (χ4n) is 3.50. The van der Waals surface area contributed by atoms with Crippen LogP contribution in [0.2, 0.25) is 0 Å². The highest BCUT2D eigenvalue weighted by Crippen LogP contribution is 2.38. The third-order valence-corrected chi connectivity index (χ3v) is 4.53. The molecule has 0 amide bonds. The van der Waals surface area contributed by atoms with Crippen LogP contribution in [0, 0.1) is 5.92 Å². The fraction of sp³-hybridized carbons (Fsp3) is 0.857. The summed E-state index contributed by atoms with van der Waals surface area (Å²) in [6.07, 6.45) is 8.89. The number of hydrogen-bond acceptors (Lipinski definition) is 2. The van der Waals surface area contributed by atoms with Gasteiger partial charge in [-0.1, -0.05) is 13.0 Å². The molecule has 2 nitrogen and oxygen atoms in total. The maximum atomic E-state index is 4.00. The van der Waals surface area contributed by atoms with Gasteiger partial charge in [0.25, 0.3) is 0 Å². The van der Waals surface area contributed by atoms with E-state index in [1.54, 1.807) is 0 Å². The summed E-state index contributed by atoms with van der Waals surface area (Å²) in [5.41, 5.74) is 0. The van der Waals surface area contributed by atoms with Gasteiger partial charge in [0.05, 0.1) is 0 Å². The molecule has 2 rings (SSSR count). The van der Waals surface area contributed by atoms with Crippen molar-refractivity contribution in [2.24, 2.45) is 5.92 Å². The van der Waals surface area contributed by atoms with E-state index in [9.17, 15) is 0 Å². The van der Waals surface area contributed by atoms with Gasteiger partial charge in [-0.3, -0.25) is 0 Å². The first-order chi connectivity index (χ1) is 7.76. The normalized spacial score (nSPS) is 36.2. The number of nitrogens with zero attached hydrogens (tertiary/aromatic N) is 1. The number of piperidine rings is 1. The van der Waals surface area contributed by atoms with Gasteiger partial charge in [0.1, 0.15) is 0 Å². The third-order valence-electron chi connectivity index (χ3n) is 4.53. The van der Waals surface area contributed by atoms with Crippen molar-refractivity contribution < 1.29 is 0 Å². The quantitative estimate of drug-likeness (QED) is 0.719. The van der Waals surface area contributed by atoms with Crippen LogP contribution in [0.5, 0.6) is 0 Å². The molecular formula is C14H26N2. The fourth-order valence-corrected chi connectivity index (χ4v) is 3.50. The summed E-state index contributed by atoms with van der Waals surface area (Å²) in [4.78, 5) is 2.61. The van der Waals surface area contributed by atoms with Gasteiger partial charge in [-0.05, 0) is 51.6 Å². The van der Waals surface area contributed by atoms with Gasteiger partial charge in [0.2, 0.25) is 0 Å². The van der Waals surface area contributed by atoms with Gasteiger partial charge in [0, 0.05) is 18.1 Å². The monoisotopic (exact) mass is 222 g/mol. The molecule has 3 atom stereocenters. The molecule has 2 aliphatic heterocycles. The van der Waals surface area contributed by atoms with Crippen LogP contribution >= 0.6 is 0 Å². The van der Waals surface area contributed by atoms with Crippen LogP contribution in [-0.4, -0.2) is 36.6 Å². The maximum absolute atomic E-state index is 4.00. The zero-order valence-electron chi connectivity index (χ0n) is 10.8. The van der Waals surface area contributed by atoms with Crippen LogP contribution in [0.25, 0.3) is 0 Å². The smallest absolute Gasteiger partial charge is 0.0276 e. The Morgan fingerprint density at radius 2 is 2.00 bits per heavy atom. The van der Waals surface area contributed by atoms with Crippen molar-refractivity contribution in [1.82, 2.24) is 10.2 Å². The summed E-state index contributed by atoms with van der Waals surface area (Å²) in [6, 6.07) is 2.22. The molecule has 2 aliphatic rings. The summed E-state index contributed by atoms with van der Waals surface area (Å²) in [5.74, 6) is 0.817. The van der Waals surface area contributed by atoms with Crippen LogP contribution in [0.3, 0.4) is 0 Å². The van der Waals surface area contributed by atoms with Gasteiger partial charge in [0.15, 0.2) is 0 Å². The first-order valence-corrected chi connectivity index (χ1v) is 6.84. The molecule has 2 bridgehead atoms. The summed E-state index contributed by atoms with van der Waals surface area (Å²) in [6.45, 7) is 7.35. The molecule has 0 radical (unpaired) electrons. The topological polar surface area (TPSA) is 15.3 Å². The highest BCUT2D eigenvalue weighted by molar-refractivity contribution is 5.01. The second kappa shape index (κ2) is 5.33. The lowest BCUT2D eigenvalue weighted by Crippen LogP contribution is -2.46. The van der Waals surface area contributed by atoms with Crippen molar-refractivity contribution in [3.8, 4) is 0 Å². The van der Waals surface area contributed by atoms with Crippen LogP contribution in [-0.2, 0) is 0 Å². The van der Waals surface area contributed by atoms with Crippen molar-refractivity contribution >= 4 is 0 Å². The predicted octanol–water partition coefficient (Wildman–Crippen LogP) is 2.41. The van der Waals surface area contributed by atoms with E-state index in [-0.39, 0.29) is 0 Å². The predicted molar refractivity (Wildman–Crippen MR) is 69.6 cm³/mol. The van der Waals surface area contributed by atoms with E-state index in [1.807, 2.05) is 0 Å². The van der Waals surface area contributed by atoms with Crippen LogP contribution < -0.4 is 5.32 Å². The lowest BCUT2D eigenvalue weighted by atomic mass is 9.85. The van der Waals surface area contributed by atoms with Crippen LogP contribution in [0.1, 0.15) is 39.0 Å². The zero-order valence-corrected chi connectivity index (χ0v) is 10.8. The van der Waals surface area contributed by atoms with E-state index in [4.69, 9.17) is 0 Å². The molecule has 0 aromatic rings. The number of fused-ring (bicyclic) bond motifs is 2. The molecule has 0 saturated carbocycles. The van der Waals surface area contributed by atoms with Gasteiger partial charge in [-0.2, -0.15) is 0 Å². The Morgan fingerprint density at radius 3 is 2.50 bits per heavy atom. The van der Waals surface area contributed by atoms with E-state index in [0.29, 0.717) is 6.04 Å². The van der Waals surface area contributed by atoms with Crippen molar-refractivity contribution in [2.75, 3.05) is 13.6 Å². The SMILES string of the molecule is C=CC(NCCC)C1CC2CCC(C1)N2C. The molecule has 16 heavy (non-hydrogen) atoms. The van der Waals surface area contributed by atoms with Crippen molar-refractivity contribution in [3.05, 3.63) is 12.7 Å². The molecule has 0 aliphatic carbocycles. The average molecular weight is 222 g/mol. The molecule has 2 heteroatoms. The number of hydrogen-bond donors (Lipinski definition) is 1. The molecular weight excluding hydrogens is 196 g/mol. The standard InChI is InChI=1S/C14H26N2/c1-4-8-15-14(5-2)11-9-12-6-7-13(10-11)16(12)3/h5,11-15H,2,4,6-10H2,1,3H3. The van der Waals surface area contributed by atoms with Gasteiger partial charge >= 0.3 is 0 Å². The molecule has 2 heterocycles. The molecule has 0 spiro atoms. The Labute approximate surface area is 100 Å². The molecule has 0 aromatic carbocycles. The third kappa shape index (κ3) is 2.33. The summed E-state index contributed by atoms with van der Waals surface area (Å²) < 4.78 is 0. The second-order valence-electron chi connectivity index (χ2n) is 5.50. The van der Waals surface area contributed by atoms with Gasteiger partial charge in [-0.25, -0.2) is 0 Å². The van der Waals surface area contributed by atoms with Crippen LogP contribution in [0.15, 0.2) is 12.7 Å². The molecule has 2 fully saturated rings. The van der Waals surface area contributed by atoms with Crippen molar-refractivity contribution in [1.29, 1.82) is 0 Å². The summed E-state index contributed by atoms with van der Waals surface area (Å²) >= 11 is 0. The summed E-state index contributed by atoms with van der Waals surface area (Å²) in [7, 11) is 2.31. The molecule has 2 saturated heterocycles. The largest absolute Gasteiger partial charge is 0.310 e. The molecule has 92 valence electrons. The van der Waals surface area contributed by atoms with E-state index in [2.05, 4.69) is 36.8 Å². The summed E-state index contributed by atoms with van der Waals surface area (Å²) in [5, 5.41) is 3.64. The van der Waals surface area contributed by atoms with Gasteiger partial charge < -0.3 is 10.2 Å². The van der Waals surface area contributed by atoms with Gasteiger partial charge in [-0.15, -0.1) is 6.58 Å². The van der Waals surface area contributed by atoms with E-state index in [1.165, 1.54) is 32.1 Å². The minimum Gasteiger partial charge on any atom is -0.310 e. The molecule has 3 unspecified atom stereocenters. The Morgan fingerprint density at radius 1 is 1.38 bits per heavy atom. The molecule has 1 N–H and O–H groups in total.